The van der Waals surface area contributed by atoms with Crippen molar-refractivity contribution < 1.29 is 9.31 Å². The van der Waals surface area contributed by atoms with Crippen molar-refractivity contribution in [1.29, 1.82) is 0 Å². The number of pyridine rings is 1. The first kappa shape index (κ1) is 12.9. The molecule has 0 bridgehead atoms. The second kappa shape index (κ2) is 3.96. The van der Waals surface area contributed by atoms with E-state index in [4.69, 9.17) is 15.0 Å². The molecule has 1 saturated heterocycles. The van der Waals surface area contributed by atoms with Crippen LogP contribution in [0.5, 0.6) is 0 Å². The number of nitrogens with zero attached hydrogens (tertiary/aromatic N) is 1. The zero-order valence-corrected chi connectivity index (χ0v) is 12.1. The molecule has 2 N–H and O–H groups in total. The van der Waals surface area contributed by atoms with Gasteiger partial charge in [-0.2, -0.15) is 0 Å². The Hall–Kier alpha value is -1.07. The van der Waals surface area contributed by atoms with Gasteiger partial charge in [-0.25, -0.2) is 0 Å². The maximum Gasteiger partial charge on any atom is 0.498 e. The molecule has 1 aliphatic heterocycles. The summed E-state index contributed by atoms with van der Waals surface area (Å²) in [5.41, 5.74) is 8.10. The standard InChI is InChI=1S/C14H21BN2O2/c1-13(2)14(3,4)19-15(18-13)10-8-17-12(7-11(10)16)9-5-6-9/h7-9H,5-6H2,1-4H3,(H2,16,17). The zero-order valence-electron chi connectivity index (χ0n) is 12.1. The Bertz CT molecular complexity index is 496. The summed E-state index contributed by atoms with van der Waals surface area (Å²) < 4.78 is 12.0. The van der Waals surface area contributed by atoms with E-state index in [0.29, 0.717) is 5.92 Å². The predicted molar refractivity (Wildman–Crippen MR) is 76.3 cm³/mol. The third kappa shape index (κ3) is 2.15. The Balaban J connectivity index is 1.87. The van der Waals surface area contributed by atoms with Gasteiger partial charge in [0.25, 0.3) is 0 Å². The minimum atomic E-state index is -0.425. The molecule has 0 unspecified atom stereocenters. The smallest absolute Gasteiger partial charge is 0.399 e. The monoisotopic (exact) mass is 260 g/mol. The van der Waals surface area contributed by atoms with E-state index < -0.39 is 7.12 Å². The normalized spacial score (nSPS) is 24.7. The van der Waals surface area contributed by atoms with Gasteiger partial charge in [0.2, 0.25) is 0 Å². The second-order valence-corrected chi connectivity index (χ2v) is 6.60. The predicted octanol–water partition coefficient (Wildman–Crippen LogP) is 1.84. The summed E-state index contributed by atoms with van der Waals surface area (Å²) in [5, 5.41) is 0. The topological polar surface area (TPSA) is 57.4 Å². The number of hydrogen-bond donors (Lipinski definition) is 1. The highest BCUT2D eigenvalue weighted by Gasteiger charge is 2.52. The van der Waals surface area contributed by atoms with Crippen LogP contribution in [0.2, 0.25) is 0 Å². The number of nitrogen functional groups attached to an aromatic ring is 1. The lowest BCUT2D eigenvalue weighted by molar-refractivity contribution is 0.00578. The van der Waals surface area contributed by atoms with Gasteiger partial charge in [-0.15, -0.1) is 0 Å². The van der Waals surface area contributed by atoms with Crippen LogP contribution < -0.4 is 11.2 Å². The van der Waals surface area contributed by atoms with Crippen molar-refractivity contribution in [3.05, 3.63) is 18.0 Å². The van der Waals surface area contributed by atoms with Crippen molar-refractivity contribution >= 4 is 18.3 Å². The molecular formula is C14H21BN2O2. The Kier molecular flexibility index (Phi) is 2.70. The highest BCUT2D eigenvalue weighted by atomic mass is 16.7. The van der Waals surface area contributed by atoms with E-state index in [9.17, 15) is 0 Å². The van der Waals surface area contributed by atoms with Gasteiger partial charge in [-0.05, 0) is 46.6 Å². The van der Waals surface area contributed by atoms with Gasteiger partial charge in [-0.3, -0.25) is 4.98 Å². The molecule has 2 heterocycles. The largest absolute Gasteiger partial charge is 0.498 e. The van der Waals surface area contributed by atoms with Crippen molar-refractivity contribution in [1.82, 2.24) is 4.98 Å². The van der Waals surface area contributed by atoms with E-state index in [0.717, 1.165) is 16.8 Å². The summed E-state index contributed by atoms with van der Waals surface area (Å²) in [5.74, 6) is 0.606. The number of rotatable bonds is 2. The summed E-state index contributed by atoms with van der Waals surface area (Å²) in [7, 11) is -0.425. The average molecular weight is 260 g/mol. The van der Waals surface area contributed by atoms with Gasteiger partial charge in [0.05, 0.1) is 11.2 Å². The molecule has 2 aliphatic rings. The second-order valence-electron chi connectivity index (χ2n) is 6.60. The molecule has 0 spiro atoms. The lowest BCUT2D eigenvalue weighted by atomic mass is 9.79. The minimum absolute atomic E-state index is 0.348. The van der Waals surface area contributed by atoms with Crippen LogP contribution in [0, 0.1) is 0 Å². The van der Waals surface area contributed by atoms with Crippen LogP contribution in [-0.4, -0.2) is 23.3 Å². The molecule has 19 heavy (non-hydrogen) atoms. The lowest BCUT2D eigenvalue weighted by Gasteiger charge is -2.32. The van der Waals surface area contributed by atoms with Crippen LogP contribution in [0.3, 0.4) is 0 Å². The molecule has 1 aromatic heterocycles. The fourth-order valence-corrected chi connectivity index (χ4v) is 2.27. The van der Waals surface area contributed by atoms with Gasteiger partial charge in [0.1, 0.15) is 0 Å². The molecular weight excluding hydrogens is 239 g/mol. The molecule has 0 amide bonds. The van der Waals surface area contributed by atoms with Gasteiger partial charge in [0.15, 0.2) is 0 Å². The van der Waals surface area contributed by atoms with E-state index in [-0.39, 0.29) is 11.2 Å². The highest BCUT2D eigenvalue weighted by molar-refractivity contribution is 6.63. The minimum Gasteiger partial charge on any atom is -0.399 e. The van der Waals surface area contributed by atoms with Gasteiger partial charge in [-0.1, -0.05) is 0 Å². The third-order valence-corrected chi connectivity index (χ3v) is 4.49. The first-order valence-corrected chi connectivity index (χ1v) is 6.91. The zero-order chi connectivity index (χ0) is 13.8. The molecule has 1 aliphatic carbocycles. The van der Waals surface area contributed by atoms with Crippen LogP contribution >= 0.6 is 0 Å². The molecule has 102 valence electrons. The summed E-state index contributed by atoms with van der Waals surface area (Å²) in [6.07, 6.45) is 4.26. The summed E-state index contributed by atoms with van der Waals surface area (Å²) in [6.45, 7) is 8.15. The Morgan fingerprint density at radius 2 is 1.79 bits per heavy atom. The van der Waals surface area contributed by atoms with Crippen LogP contribution in [0.15, 0.2) is 12.3 Å². The Labute approximate surface area is 114 Å². The Morgan fingerprint density at radius 3 is 2.26 bits per heavy atom. The first-order valence-electron chi connectivity index (χ1n) is 6.91. The van der Waals surface area contributed by atoms with Crippen LogP contribution in [-0.2, 0) is 9.31 Å². The van der Waals surface area contributed by atoms with E-state index in [1.807, 2.05) is 40.0 Å². The molecule has 1 saturated carbocycles. The van der Waals surface area contributed by atoms with E-state index >= 15 is 0 Å². The highest BCUT2D eigenvalue weighted by Crippen LogP contribution is 2.40. The molecule has 5 heteroatoms. The number of hydrogen-bond acceptors (Lipinski definition) is 4. The average Bonchev–Trinajstić information content (AvgIpc) is 3.07. The van der Waals surface area contributed by atoms with E-state index in [2.05, 4.69) is 4.98 Å². The van der Waals surface area contributed by atoms with Gasteiger partial charge in [0, 0.05) is 29.0 Å². The van der Waals surface area contributed by atoms with Crippen LogP contribution in [0.1, 0.15) is 52.1 Å². The van der Waals surface area contributed by atoms with Crippen molar-refractivity contribution in [2.75, 3.05) is 5.73 Å². The van der Waals surface area contributed by atoms with Crippen molar-refractivity contribution in [2.24, 2.45) is 0 Å². The molecule has 0 aromatic carbocycles. The van der Waals surface area contributed by atoms with Crippen molar-refractivity contribution in [3.8, 4) is 0 Å². The lowest BCUT2D eigenvalue weighted by Crippen LogP contribution is -2.41. The van der Waals surface area contributed by atoms with E-state index in [1.54, 1.807) is 0 Å². The van der Waals surface area contributed by atoms with Gasteiger partial charge < -0.3 is 15.0 Å². The van der Waals surface area contributed by atoms with Crippen LogP contribution in [0.4, 0.5) is 5.69 Å². The SMILES string of the molecule is CC1(C)OB(c2cnc(C3CC3)cc2N)OC1(C)C. The van der Waals surface area contributed by atoms with E-state index in [1.165, 1.54) is 12.8 Å². The quantitative estimate of drug-likeness (QED) is 0.824. The van der Waals surface area contributed by atoms with Crippen molar-refractivity contribution in [2.45, 2.75) is 57.7 Å². The third-order valence-electron chi connectivity index (χ3n) is 4.49. The maximum absolute atomic E-state index is 6.14. The summed E-state index contributed by atoms with van der Waals surface area (Å²) in [6, 6.07) is 1.97. The fourth-order valence-electron chi connectivity index (χ4n) is 2.27. The first-order chi connectivity index (χ1) is 8.80. The maximum atomic E-state index is 6.14. The fraction of sp³-hybridized carbons (Fsp3) is 0.643. The van der Waals surface area contributed by atoms with Crippen molar-refractivity contribution in [3.63, 3.8) is 0 Å². The van der Waals surface area contributed by atoms with Gasteiger partial charge >= 0.3 is 7.12 Å². The van der Waals surface area contributed by atoms with Crippen LogP contribution in [0.25, 0.3) is 0 Å². The Morgan fingerprint density at radius 1 is 1.21 bits per heavy atom. The molecule has 3 rings (SSSR count). The molecule has 2 fully saturated rings. The number of aromatic nitrogens is 1. The number of nitrogens with two attached hydrogens (primary N) is 1. The molecule has 4 nitrogen and oxygen atoms in total. The molecule has 0 radical (unpaired) electrons. The summed E-state index contributed by atoms with van der Waals surface area (Å²) >= 11 is 0. The molecule has 1 aromatic rings. The summed E-state index contributed by atoms with van der Waals surface area (Å²) in [4.78, 5) is 4.50. The number of anilines is 1. The molecule has 0 atom stereocenters.